The molecule has 0 unspecified atom stereocenters. The van der Waals surface area contributed by atoms with Gasteiger partial charge < -0.3 is 14.6 Å². The van der Waals surface area contributed by atoms with Crippen LogP contribution in [0.5, 0.6) is 0 Å². The van der Waals surface area contributed by atoms with Crippen molar-refractivity contribution in [2.45, 2.75) is 6.92 Å². The van der Waals surface area contributed by atoms with Gasteiger partial charge in [0.1, 0.15) is 0 Å². The van der Waals surface area contributed by atoms with Crippen molar-refractivity contribution in [1.82, 2.24) is 9.13 Å². The number of nitrogens with zero attached hydrogens (tertiary/aromatic N) is 2. The third-order valence-corrected chi connectivity index (χ3v) is 3.55. The Morgan fingerprint density at radius 2 is 1.81 bits per heavy atom. The van der Waals surface area contributed by atoms with Crippen LogP contribution in [0.25, 0.3) is 6.08 Å². The Bertz CT molecular complexity index is 968. The van der Waals surface area contributed by atoms with Gasteiger partial charge in [0.2, 0.25) is 5.91 Å². The minimum Gasteiger partial charge on any atom is -0.462 e. The number of benzene rings is 1. The fraction of sp³-hybridized carbons (Fsp3) is 0.222. The number of esters is 1. The Kier molecular flexibility index (Phi) is 5.90. The normalized spacial score (nSPS) is 10.7. The molecule has 0 fully saturated rings. The van der Waals surface area contributed by atoms with E-state index in [9.17, 15) is 19.2 Å². The monoisotopic (exact) mass is 357 g/mol. The van der Waals surface area contributed by atoms with Gasteiger partial charge >= 0.3 is 11.7 Å². The zero-order chi connectivity index (χ0) is 19.3. The molecule has 26 heavy (non-hydrogen) atoms. The predicted molar refractivity (Wildman–Crippen MR) is 97.0 cm³/mol. The van der Waals surface area contributed by atoms with Crippen molar-refractivity contribution >= 4 is 23.6 Å². The number of ether oxygens (including phenoxy) is 1. The summed E-state index contributed by atoms with van der Waals surface area (Å²) in [7, 11) is 2.89. The van der Waals surface area contributed by atoms with Gasteiger partial charge in [0.25, 0.3) is 5.56 Å². The summed E-state index contributed by atoms with van der Waals surface area (Å²) in [6.45, 7) is 2.00. The summed E-state index contributed by atoms with van der Waals surface area (Å²) in [6, 6.07) is 6.23. The van der Waals surface area contributed by atoms with Gasteiger partial charge in [-0.05, 0) is 37.3 Å². The van der Waals surface area contributed by atoms with Crippen LogP contribution < -0.4 is 16.6 Å². The maximum atomic E-state index is 12.0. The van der Waals surface area contributed by atoms with Gasteiger partial charge in [0, 0.05) is 32.1 Å². The van der Waals surface area contributed by atoms with Crippen LogP contribution in [0.2, 0.25) is 0 Å². The summed E-state index contributed by atoms with van der Waals surface area (Å²) in [4.78, 5) is 47.2. The molecule has 0 atom stereocenters. The van der Waals surface area contributed by atoms with Crippen LogP contribution in [0.4, 0.5) is 5.69 Å². The third-order valence-electron chi connectivity index (χ3n) is 3.55. The van der Waals surface area contributed by atoms with Crippen molar-refractivity contribution in [2.24, 2.45) is 14.1 Å². The third kappa shape index (κ3) is 4.35. The van der Waals surface area contributed by atoms with E-state index in [-0.39, 0.29) is 12.2 Å². The lowest BCUT2D eigenvalue weighted by Gasteiger charge is -2.05. The molecule has 2 rings (SSSR count). The first kappa shape index (κ1) is 18.9. The van der Waals surface area contributed by atoms with Gasteiger partial charge in [-0.3, -0.25) is 14.2 Å². The molecule has 136 valence electrons. The molecule has 1 aromatic heterocycles. The topological polar surface area (TPSA) is 99.4 Å². The van der Waals surface area contributed by atoms with Gasteiger partial charge in [-0.1, -0.05) is 0 Å². The fourth-order valence-corrected chi connectivity index (χ4v) is 2.20. The molecule has 1 N–H and O–H groups in total. The lowest BCUT2D eigenvalue weighted by atomic mass is 10.2. The maximum absolute atomic E-state index is 12.0. The molecule has 0 saturated heterocycles. The summed E-state index contributed by atoms with van der Waals surface area (Å²) in [6.07, 6.45) is 3.90. The molecule has 2 aromatic rings. The van der Waals surface area contributed by atoms with Crippen molar-refractivity contribution in [1.29, 1.82) is 0 Å². The average molecular weight is 357 g/mol. The largest absolute Gasteiger partial charge is 0.462 e. The summed E-state index contributed by atoms with van der Waals surface area (Å²) in [5.74, 6) is -0.888. The van der Waals surface area contributed by atoms with Crippen LogP contribution >= 0.6 is 0 Å². The van der Waals surface area contributed by atoms with E-state index in [1.165, 1.54) is 37.0 Å². The Morgan fingerprint density at radius 3 is 2.42 bits per heavy atom. The van der Waals surface area contributed by atoms with Crippen molar-refractivity contribution in [3.05, 3.63) is 68.5 Å². The molecule has 0 aliphatic heterocycles. The van der Waals surface area contributed by atoms with E-state index in [4.69, 9.17) is 4.74 Å². The first-order valence-electron chi connectivity index (χ1n) is 7.86. The number of nitrogens with one attached hydrogen (secondary N) is 1. The number of carbonyl (C=O) groups excluding carboxylic acids is 2. The second kappa shape index (κ2) is 8.11. The number of aryl methyl sites for hydroxylation is 1. The highest BCUT2D eigenvalue weighted by atomic mass is 16.5. The number of hydrogen-bond acceptors (Lipinski definition) is 5. The maximum Gasteiger partial charge on any atom is 0.338 e. The Labute approximate surface area is 149 Å². The molecule has 0 spiro atoms. The van der Waals surface area contributed by atoms with Crippen LogP contribution in [0.3, 0.4) is 0 Å². The molecule has 1 heterocycles. The summed E-state index contributed by atoms with van der Waals surface area (Å²) in [5, 5.41) is 2.62. The van der Waals surface area contributed by atoms with Gasteiger partial charge in [-0.15, -0.1) is 0 Å². The first-order chi connectivity index (χ1) is 12.3. The highest BCUT2D eigenvalue weighted by Gasteiger charge is 2.07. The first-order valence-corrected chi connectivity index (χ1v) is 7.86. The van der Waals surface area contributed by atoms with E-state index in [1.54, 1.807) is 31.2 Å². The van der Waals surface area contributed by atoms with Crippen LogP contribution in [-0.4, -0.2) is 27.6 Å². The number of hydrogen-bond donors (Lipinski definition) is 1. The molecule has 0 bridgehead atoms. The van der Waals surface area contributed by atoms with Crippen molar-refractivity contribution in [3.63, 3.8) is 0 Å². The summed E-state index contributed by atoms with van der Waals surface area (Å²) in [5.41, 5.74) is 0.145. The number of amides is 1. The summed E-state index contributed by atoms with van der Waals surface area (Å²) >= 11 is 0. The van der Waals surface area contributed by atoms with Gasteiger partial charge in [0.15, 0.2) is 0 Å². The van der Waals surface area contributed by atoms with E-state index in [2.05, 4.69) is 5.32 Å². The van der Waals surface area contributed by atoms with Crippen molar-refractivity contribution < 1.29 is 14.3 Å². The Morgan fingerprint density at radius 1 is 1.15 bits per heavy atom. The van der Waals surface area contributed by atoms with E-state index in [1.807, 2.05) is 0 Å². The quantitative estimate of drug-likeness (QED) is 0.633. The molecule has 0 aliphatic carbocycles. The van der Waals surface area contributed by atoms with Gasteiger partial charge in [-0.2, -0.15) is 0 Å². The number of rotatable bonds is 5. The minimum atomic E-state index is -0.490. The summed E-state index contributed by atoms with van der Waals surface area (Å²) < 4.78 is 7.10. The zero-order valence-corrected chi connectivity index (χ0v) is 14.7. The highest BCUT2D eigenvalue weighted by Crippen LogP contribution is 2.10. The smallest absolute Gasteiger partial charge is 0.338 e. The SMILES string of the molecule is CCOC(=O)c1ccc(NC(=O)/C=C/c2cn(C)c(=O)n(C)c2=O)cc1. The minimum absolute atomic E-state index is 0.211. The Balaban J connectivity index is 2.10. The van der Waals surface area contributed by atoms with E-state index >= 15 is 0 Å². The standard InChI is InChI=1S/C18H19N3O5/c1-4-26-17(24)12-5-8-14(9-6-12)19-15(22)10-7-13-11-20(2)18(25)21(3)16(13)23/h5-11H,4H2,1-3H3,(H,19,22)/b10-7+. The molecule has 0 aliphatic rings. The molecular formula is C18H19N3O5. The van der Waals surface area contributed by atoms with Crippen LogP contribution in [-0.2, 0) is 23.6 Å². The van der Waals surface area contributed by atoms with Crippen molar-refractivity contribution in [3.8, 4) is 0 Å². The molecule has 0 radical (unpaired) electrons. The molecule has 0 saturated carbocycles. The second-order valence-electron chi connectivity index (χ2n) is 5.46. The van der Waals surface area contributed by atoms with E-state index in [0.717, 1.165) is 4.57 Å². The Hall–Kier alpha value is -3.42. The van der Waals surface area contributed by atoms with E-state index < -0.39 is 23.1 Å². The fourth-order valence-electron chi connectivity index (χ4n) is 2.20. The van der Waals surface area contributed by atoms with Crippen LogP contribution in [0, 0.1) is 0 Å². The molecule has 1 amide bonds. The lowest BCUT2D eigenvalue weighted by molar-refractivity contribution is -0.111. The van der Waals surface area contributed by atoms with Crippen LogP contribution in [0.1, 0.15) is 22.8 Å². The van der Waals surface area contributed by atoms with Crippen LogP contribution in [0.15, 0.2) is 46.1 Å². The van der Waals surface area contributed by atoms with E-state index in [0.29, 0.717) is 11.3 Å². The number of anilines is 1. The second-order valence-corrected chi connectivity index (χ2v) is 5.46. The van der Waals surface area contributed by atoms with Crippen molar-refractivity contribution in [2.75, 3.05) is 11.9 Å². The lowest BCUT2D eigenvalue weighted by Crippen LogP contribution is -2.37. The average Bonchev–Trinajstić information content (AvgIpc) is 2.62. The number of carbonyl (C=O) groups is 2. The van der Waals surface area contributed by atoms with Gasteiger partial charge in [0.05, 0.1) is 17.7 Å². The molecule has 1 aromatic carbocycles. The molecule has 8 heteroatoms. The highest BCUT2D eigenvalue weighted by molar-refractivity contribution is 6.02. The predicted octanol–water partition coefficient (Wildman–Crippen LogP) is 0.913. The molecule has 8 nitrogen and oxygen atoms in total. The van der Waals surface area contributed by atoms with Gasteiger partial charge in [-0.25, -0.2) is 9.59 Å². The number of aromatic nitrogens is 2. The zero-order valence-electron chi connectivity index (χ0n) is 14.7. The molecular weight excluding hydrogens is 338 g/mol.